The van der Waals surface area contributed by atoms with Gasteiger partial charge in [-0.1, -0.05) is 13.5 Å². The van der Waals surface area contributed by atoms with Gasteiger partial charge in [0.1, 0.15) is 11.9 Å². The van der Waals surface area contributed by atoms with Gasteiger partial charge >= 0.3 is 12.1 Å². The molecule has 2 saturated carbocycles. The van der Waals surface area contributed by atoms with E-state index in [1.54, 1.807) is 6.92 Å². The Bertz CT molecular complexity index is 514. The second-order valence-corrected chi connectivity index (χ2v) is 7.42. The Hall–Kier alpha value is -1.33. The molecule has 0 radical (unpaired) electrons. The van der Waals surface area contributed by atoms with Crippen molar-refractivity contribution in [2.24, 2.45) is 17.3 Å². The smallest absolute Gasteiger partial charge is 0.452 e. The van der Waals surface area contributed by atoms with Gasteiger partial charge in [0.05, 0.1) is 0 Å². The Morgan fingerprint density at radius 3 is 2.48 bits per heavy atom. The van der Waals surface area contributed by atoms with Gasteiger partial charge in [-0.2, -0.15) is 13.2 Å². The first-order chi connectivity index (χ1) is 10.5. The second kappa shape index (κ2) is 5.95. The van der Waals surface area contributed by atoms with Crippen LogP contribution in [0.4, 0.5) is 13.2 Å². The molecule has 23 heavy (non-hydrogen) atoms. The molecule has 2 aliphatic rings. The molecule has 2 rings (SSSR count). The van der Waals surface area contributed by atoms with E-state index >= 15 is 0 Å². The van der Waals surface area contributed by atoms with Crippen molar-refractivity contribution in [1.82, 2.24) is 0 Å². The molecule has 0 aromatic heterocycles. The SMILES string of the molecule is C=C(C=O)[C@@H]1CC[C@@]2(C)CCC[C@@](C)(OC(=O)C(F)(F)F)C2C1. The zero-order chi connectivity index (χ0) is 17.5. The number of esters is 1. The molecule has 0 saturated heterocycles. The van der Waals surface area contributed by atoms with Crippen molar-refractivity contribution in [3.05, 3.63) is 12.2 Å². The van der Waals surface area contributed by atoms with Gasteiger partial charge in [0.2, 0.25) is 0 Å². The average Bonchev–Trinajstić information content (AvgIpc) is 2.45. The fourth-order valence-corrected chi connectivity index (χ4v) is 4.49. The standard InChI is InChI=1S/C17H23F3O3/c1-11(10-21)12-5-8-15(2)6-4-7-16(3,13(15)9-12)23-14(22)17(18,19)20/h10,12-13H,1,4-9H2,2-3H3/t12-,13?,15-,16-/m1/s1. The number of halogens is 3. The van der Waals surface area contributed by atoms with E-state index in [9.17, 15) is 22.8 Å². The molecule has 130 valence electrons. The van der Waals surface area contributed by atoms with Gasteiger partial charge in [0.25, 0.3) is 0 Å². The lowest BCUT2D eigenvalue weighted by Gasteiger charge is -2.55. The van der Waals surface area contributed by atoms with Crippen LogP contribution >= 0.6 is 0 Å². The topological polar surface area (TPSA) is 43.4 Å². The van der Waals surface area contributed by atoms with E-state index in [1.807, 2.05) is 0 Å². The zero-order valence-electron chi connectivity index (χ0n) is 13.5. The number of allylic oxidation sites excluding steroid dienone is 1. The zero-order valence-corrected chi connectivity index (χ0v) is 13.5. The van der Waals surface area contributed by atoms with Crippen LogP contribution in [0, 0.1) is 17.3 Å². The van der Waals surface area contributed by atoms with Gasteiger partial charge < -0.3 is 4.74 Å². The molecule has 0 N–H and O–H groups in total. The molecule has 0 aromatic carbocycles. The summed E-state index contributed by atoms with van der Waals surface area (Å²) in [5, 5.41) is 0. The highest BCUT2D eigenvalue weighted by Crippen LogP contribution is 2.57. The molecular formula is C17H23F3O3. The lowest BCUT2D eigenvalue weighted by molar-refractivity contribution is -0.229. The highest BCUT2D eigenvalue weighted by atomic mass is 19.4. The molecule has 0 aromatic rings. The highest BCUT2D eigenvalue weighted by Gasteiger charge is 2.56. The monoisotopic (exact) mass is 332 g/mol. The minimum Gasteiger partial charge on any atom is -0.452 e. The van der Waals surface area contributed by atoms with E-state index < -0.39 is 17.7 Å². The van der Waals surface area contributed by atoms with Gasteiger partial charge in [-0.3, -0.25) is 4.79 Å². The number of fused-ring (bicyclic) bond motifs is 1. The molecule has 4 atom stereocenters. The third kappa shape index (κ3) is 3.45. The van der Waals surface area contributed by atoms with Crippen LogP contribution in [0.25, 0.3) is 0 Å². The van der Waals surface area contributed by atoms with E-state index in [0.29, 0.717) is 18.4 Å². The van der Waals surface area contributed by atoms with Crippen LogP contribution in [0.5, 0.6) is 0 Å². The molecule has 0 aliphatic heterocycles. The van der Waals surface area contributed by atoms with Gasteiger partial charge in [0.15, 0.2) is 0 Å². The molecule has 6 heteroatoms. The van der Waals surface area contributed by atoms with Crippen LogP contribution in [-0.2, 0) is 14.3 Å². The van der Waals surface area contributed by atoms with E-state index in [0.717, 1.165) is 32.0 Å². The number of carbonyl (C=O) groups excluding carboxylic acids is 2. The van der Waals surface area contributed by atoms with Crippen LogP contribution < -0.4 is 0 Å². The molecule has 0 bridgehead atoms. The predicted molar refractivity (Wildman–Crippen MR) is 78.5 cm³/mol. The highest BCUT2D eigenvalue weighted by molar-refractivity contribution is 5.76. The number of aldehydes is 1. The molecule has 2 aliphatic carbocycles. The van der Waals surface area contributed by atoms with Crippen molar-refractivity contribution >= 4 is 12.3 Å². The molecule has 0 spiro atoms. The molecule has 0 heterocycles. The first-order valence-electron chi connectivity index (χ1n) is 7.96. The number of rotatable bonds is 3. The maximum absolute atomic E-state index is 12.6. The molecule has 1 unspecified atom stereocenters. The van der Waals surface area contributed by atoms with Crippen molar-refractivity contribution in [2.45, 2.75) is 64.1 Å². The lowest BCUT2D eigenvalue weighted by atomic mass is 9.53. The Morgan fingerprint density at radius 2 is 1.91 bits per heavy atom. The summed E-state index contributed by atoms with van der Waals surface area (Å²) in [5.74, 6) is -2.38. The fraction of sp³-hybridized carbons (Fsp3) is 0.765. The Labute approximate surface area is 134 Å². The van der Waals surface area contributed by atoms with E-state index in [4.69, 9.17) is 4.74 Å². The largest absolute Gasteiger partial charge is 0.490 e. The number of carbonyl (C=O) groups is 2. The van der Waals surface area contributed by atoms with Crippen LogP contribution in [0.3, 0.4) is 0 Å². The number of alkyl halides is 3. The summed E-state index contributed by atoms with van der Waals surface area (Å²) in [6, 6.07) is 0. The first kappa shape index (κ1) is 18.0. The van der Waals surface area contributed by atoms with Crippen molar-refractivity contribution in [2.75, 3.05) is 0 Å². The average molecular weight is 332 g/mol. The lowest BCUT2D eigenvalue weighted by Crippen LogP contribution is -2.54. The summed E-state index contributed by atoms with van der Waals surface area (Å²) in [4.78, 5) is 22.3. The van der Waals surface area contributed by atoms with Crippen LogP contribution in [0.2, 0.25) is 0 Å². The van der Waals surface area contributed by atoms with Crippen molar-refractivity contribution in [3.63, 3.8) is 0 Å². The molecule has 2 fully saturated rings. The minimum atomic E-state index is -4.99. The van der Waals surface area contributed by atoms with Crippen molar-refractivity contribution in [3.8, 4) is 0 Å². The first-order valence-corrected chi connectivity index (χ1v) is 7.96. The summed E-state index contributed by atoms with van der Waals surface area (Å²) in [7, 11) is 0. The summed E-state index contributed by atoms with van der Waals surface area (Å²) in [6.45, 7) is 7.40. The van der Waals surface area contributed by atoms with Crippen LogP contribution in [-0.4, -0.2) is 24.0 Å². The third-order valence-electron chi connectivity index (χ3n) is 5.82. The summed E-state index contributed by atoms with van der Waals surface area (Å²) in [6.07, 6.45) is -0.0924. The van der Waals surface area contributed by atoms with Crippen LogP contribution in [0.1, 0.15) is 52.4 Å². The number of hydrogen-bond acceptors (Lipinski definition) is 3. The maximum Gasteiger partial charge on any atom is 0.490 e. The Kier molecular flexibility index (Phi) is 4.66. The maximum atomic E-state index is 12.6. The molecule has 3 nitrogen and oxygen atoms in total. The quantitative estimate of drug-likeness (QED) is 0.442. The Balaban J connectivity index is 2.26. The van der Waals surface area contributed by atoms with E-state index in [-0.39, 0.29) is 17.3 Å². The second-order valence-electron chi connectivity index (χ2n) is 7.42. The predicted octanol–water partition coefficient (Wildman–Crippen LogP) is 4.21. The minimum absolute atomic E-state index is 0.0485. The van der Waals surface area contributed by atoms with Gasteiger partial charge in [0, 0.05) is 5.92 Å². The van der Waals surface area contributed by atoms with E-state index in [2.05, 4.69) is 13.5 Å². The molecular weight excluding hydrogens is 309 g/mol. The van der Waals surface area contributed by atoms with E-state index in [1.165, 1.54) is 0 Å². The van der Waals surface area contributed by atoms with Gasteiger partial charge in [-0.05, 0) is 62.4 Å². The van der Waals surface area contributed by atoms with Gasteiger partial charge in [-0.15, -0.1) is 0 Å². The Morgan fingerprint density at radius 1 is 1.26 bits per heavy atom. The van der Waals surface area contributed by atoms with Crippen LogP contribution in [0.15, 0.2) is 12.2 Å². The summed E-state index contributed by atoms with van der Waals surface area (Å²) in [5.41, 5.74) is -0.845. The third-order valence-corrected chi connectivity index (χ3v) is 5.82. The summed E-state index contributed by atoms with van der Waals surface area (Å²) < 4.78 is 42.8. The van der Waals surface area contributed by atoms with Crippen molar-refractivity contribution in [1.29, 1.82) is 0 Å². The van der Waals surface area contributed by atoms with Crippen molar-refractivity contribution < 1.29 is 27.5 Å². The fourth-order valence-electron chi connectivity index (χ4n) is 4.49. The normalized spacial score (nSPS) is 37.6. The molecule has 0 amide bonds. The summed E-state index contributed by atoms with van der Waals surface area (Å²) >= 11 is 0. The van der Waals surface area contributed by atoms with Gasteiger partial charge in [-0.25, -0.2) is 4.79 Å². The number of ether oxygens (including phenoxy) is 1. The number of hydrogen-bond donors (Lipinski definition) is 0.